The zero-order chi connectivity index (χ0) is 14.7. The molecule has 3 aromatic rings. The van der Waals surface area contributed by atoms with Gasteiger partial charge in [-0.2, -0.15) is 0 Å². The van der Waals surface area contributed by atoms with Crippen LogP contribution < -0.4 is 0 Å². The second-order valence-electron chi connectivity index (χ2n) is 4.83. The van der Waals surface area contributed by atoms with Gasteiger partial charge < -0.3 is 5.11 Å². The van der Waals surface area contributed by atoms with Crippen molar-refractivity contribution in [2.75, 3.05) is 0 Å². The molecule has 0 aliphatic rings. The molecular formula is C18H14BrNO. The molecule has 0 aliphatic carbocycles. The Hall–Kier alpha value is -2.13. The van der Waals surface area contributed by atoms with E-state index in [1.807, 2.05) is 48.7 Å². The van der Waals surface area contributed by atoms with E-state index in [4.69, 9.17) is 0 Å². The van der Waals surface area contributed by atoms with Gasteiger partial charge in [0.2, 0.25) is 0 Å². The summed E-state index contributed by atoms with van der Waals surface area (Å²) in [5, 5.41) is 9.49. The topological polar surface area (TPSA) is 33.1 Å². The number of benzene rings is 2. The lowest BCUT2D eigenvalue weighted by atomic mass is 9.88. The fourth-order valence-corrected chi connectivity index (χ4v) is 2.67. The van der Waals surface area contributed by atoms with Gasteiger partial charge in [-0.15, -0.1) is 0 Å². The van der Waals surface area contributed by atoms with Crippen molar-refractivity contribution in [1.82, 2.24) is 4.98 Å². The molecule has 2 nitrogen and oxygen atoms in total. The number of pyridine rings is 1. The highest BCUT2D eigenvalue weighted by molar-refractivity contribution is 9.10. The quantitative estimate of drug-likeness (QED) is 0.748. The molecule has 0 saturated heterocycles. The summed E-state index contributed by atoms with van der Waals surface area (Å²) in [4.78, 5) is 4.50. The number of aromatic nitrogens is 1. The number of phenols is 1. The van der Waals surface area contributed by atoms with E-state index in [1.54, 1.807) is 12.1 Å². The molecule has 0 aliphatic heterocycles. The summed E-state index contributed by atoms with van der Waals surface area (Å²) in [6.45, 7) is 0. The molecule has 0 fully saturated rings. The maximum Gasteiger partial charge on any atom is 0.115 e. The summed E-state index contributed by atoms with van der Waals surface area (Å²) in [6.07, 6.45) is 1.81. The van der Waals surface area contributed by atoms with Gasteiger partial charge in [-0.1, -0.05) is 46.3 Å². The number of phenolic OH excluding ortho intramolecular Hbond substituents is 1. The van der Waals surface area contributed by atoms with Crippen LogP contribution in [0.2, 0.25) is 0 Å². The first kappa shape index (κ1) is 13.8. The molecule has 104 valence electrons. The Morgan fingerprint density at radius 3 is 2.00 bits per heavy atom. The van der Waals surface area contributed by atoms with E-state index in [0.29, 0.717) is 0 Å². The lowest BCUT2D eigenvalue weighted by Gasteiger charge is -2.18. The van der Waals surface area contributed by atoms with E-state index in [2.05, 4.69) is 33.0 Å². The Labute approximate surface area is 132 Å². The van der Waals surface area contributed by atoms with Gasteiger partial charge in [-0.25, -0.2) is 0 Å². The van der Waals surface area contributed by atoms with Crippen molar-refractivity contribution in [1.29, 1.82) is 0 Å². The van der Waals surface area contributed by atoms with Gasteiger partial charge in [0.05, 0.1) is 11.6 Å². The van der Waals surface area contributed by atoms with Crippen LogP contribution in [0.15, 0.2) is 77.4 Å². The molecule has 1 heterocycles. The Morgan fingerprint density at radius 1 is 0.810 bits per heavy atom. The van der Waals surface area contributed by atoms with E-state index >= 15 is 0 Å². The van der Waals surface area contributed by atoms with Crippen molar-refractivity contribution >= 4 is 15.9 Å². The van der Waals surface area contributed by atoms with E-state index < -0.39 is 0 Å². The van der Waals surface area contributed by atoms with Crippen LogP contribution in [0.1, 0.15) is 22.7 Å². The van der Waals surface area contributed by atoms with Gasteiger partial charge in [0.1, 0.15) is 5.75 Å². The number of aromatic hydroxyl groups is 1. The minimum Gasteiger partial charge on any atom is -0.508 e. The second kappa shape index (κ2) is 6.10. The zero-order valence-electron chi connectivity index (χ0n) is 11.3. The molecule has 0 spiro atoms. The standard InChI is InChI=1S/C18H14BrNO/c19-15-8-4-13(5-9-15)18(17-3-1-2-12-20-17)14-6-10-16(21)11-7-14/h1-12,18,21H. The van der Waals surface area contributed by atoms with E-state index in [-0.39, 0.29) is 11.7 Å². The molecule has 0 radical (unpaired) electrons. The number of hydrogen-bond donors (Lipinski definition) is 1. The smallest absolute Gasteiger partial charge is 0.115 e. The van der Waals surface area contributed by atoms with Crippen LogP contribution in [-0.4, -0.2) is 10.1 Å². The molecule has 0 saturated carbocycles. The van der Waals surface area contributed by atoms with Crippen LogP contribution in [0.4, 0.5) is 0 Å². The van der Waals surface area contributed by atoms with Crippen LogP contribution in [0.5, 0.6) is 5.75 Å². The normalized spacial score (nSPS) is 12.0. The largest absolute Gasteiger partial charge is 0.508 e. The zero-order valence-corrected chi connectivity index (χ0v) is 12.9. The summed E-state index contributed by atoms with van der Waals surface area (Å²) < 4.78 is 1.05. The molecule has 0 amide bonds. The van der Waals surface area contributed by atoms with Crippen LogP contribution in [-0.2, 0) is 0 Å². The van der Waals surface area contributed by atoms with E-state index in [0.717, 1.165) is 15.7 Å². The number of nitrogens with zero attached hydrogens (tertiary/aromatic N) is 1. The van der Waals surface area contributed by atoms with Gasteiger partial charge in [0.25, 0.3) is 0 Å². The first-order valence-electron chi connectivity index (χ1n) is 6.69. The van der Waals surface area contributed by atoms with Crippen LogP contribution in [0.25, 0.3) is 0 Å². The molecule has 1 aromatic heterocycles. The van der Waals surface area contributed by atoms with Crippen molar-refractivity contribution in [3.8, 4) is 5.75 Å². The number of halogens is 1. The summed E-state index contributed by atoms with van der Waals surface area (Å²) in [6, 6.07) is 21.5. The summed E-state index contributed by atoms with van der Waals surface area (Å²) in [7, 11) is 0. The monoisotopic (exact) mass is 339 g/mol. The lowest BCUT2D eigenvalue weighted by molar-refractivity contribution is 0.475. The number of rotatable bonds is 3. The van der Waals surface area contributed by atoms with Gasteiger partial charge in [0.15, 0.2) is 0 Å². The Morgan fingerprint density at radius 2 is 1.43 bits per heavy atom. The van der Waals surface area contributed by atoms with E-state index in [1.165, 1.54) is 5.56 Å². The van der Waals surface area contributed by atoms with Crippen molar-refractivity contribution in [3.05, 3.63) is 94.2 Å². The van der Waals surface area contributed by atoms with E-state index in [9.17, 15) is 5.11 Å². The Kier molecular flexibility index (Phi) is 4.02. The molecule has 3 rings (SSSR count). The average molecular weight is 340 g/mol. The molecule has 1 atom stereocenters. The first-order valence-corrected chi connectivity index (χ1v) is 7.48. The van der Waals surface area contributed by atoms with Crippen LogP contribution >= 0.6 is 15.9 Å². The molecule has 1 unspecified atom stereocenters. The predicted molar refractivity (Wildman–Crippen MR) is 87.4 cm³/mol. The first-order chi connectivity index (χ1) is 10.2. The maximum absolute atomic E-state index is 9.49. The summed E-state index contributed by atoms with van der Waals surface area (Å²) in [5.74, 6) is 0.328. The van der Waals surface area contributed by atoms with Crippen molar-refractivity contribution < 1.29 is 5.11 Å². The highest BCUT2D eigenvalue weighted by Crippen LogP contribution is 2.32. The van der Waals surface area contributed by atoms with Crippen molar-refractivity contribution in [2.24, 2.45) is 0 Å². The summed E-state index contributed by atoms with van der Waals surface area (Å²) in [5.41, 5.74) is 3.27. The maximum atomic E-state index is 9.49. The van der Waals surface area contributed by atoms with Crippen LogP contribution in [0.3, 0.4) is 0 Å². The van der Waals surface area contributed by atoms with Gasteiger partial charge >= 0.3 is 0 Å². The Bertz CT molecular complexity index is 663. The molecule has 2 aromatic carbocycles. The third-order valence-electron chi connectivity index (χ3n) is 3.41. The molecular weight excluding hydrogens is 326 g/mol. The molecule has 0 bridgehead atoms. The third-order valence-corrected chi connectivity index (χ3v) is 3.94. The summed E-state index contributed by atoms with van der Waals surface area (Å²) >= 11 is 3.47. The fourth-order valence-electron chi connectivity index (χ4n) is 2.40. The average Bonchev–Trinajstić information content (AvgIpc) is 2.52. The third kappa shape index (κ3) is 3.14. The van der Waals surface area contributed by atoms with Gasteiger partial charge in [-0.05, 0) is 47.5 Å². The molecule has 1 N–H and O–H groups in total. The lowest BCUT2D eigenvalue weighted by Crippen LogP contribution is -2.05. The minimum atomic E-state index is 0.0555. The van der Waals surface area contributed by atoms with Gasteiger partial charge in [0, 0.05) is 10.7 Å². The highest BCUT2D eigenvalue weighted by atomic mass is 79.9. The number of hydrogen-bond acceptors (Lipinski definition) is 2. The minimum absolute atomic E-state index is 0.0555. The van der Waals surface area contributed by atoms with Gasteiger partial charge in [-0.3, -0.25) is 4.98 Å². The molecule has 3 heteroatoms. The predicted octanol–water partition coefficient (Wildman–Crippen LogP) is 4.73. The second-order valence-corrected chi connectivity index (χ2v) is 5.75. The van der Waals surface area contributed by atoms with Crippen molar-refractivity contribution in [3.63, 3.8) is 0 Å². The highest BCUT2D eigenvalue weighted by Gasteiger charge is 2.17. The SMILES string of the molecule is Oc1ccc(C(c2ccc(Br)cc2)c2ccccn2)cc1. The fraction of sp³-hybridized carbons (Fsp3) is 0.0556. The Balaban J connectivity index is 2.11. The van der Waals surface area contributed by atoms with Crippen LogP contribution in [0, 0.1) is 0 Å². The van der Waals surface area contributed by atoms with Crippen molar-refractivity contribution in [2.45, 2.75) is 5.92 Å². The molecule has 21 heavy (non-hydrogen) atoms.